The molecule has 4 rings (SSSR count). The van der Waals surface area contributed by atoms with Crippen LogP contribution in [0.15, 0.2) is 46.0 Å². The van der Waals surface area contributed by atoms with E-state index < -0.39 is 16.2 Å². The van der Waals surface area contributed by atoms with Crippen molar-refractivity contribution in [3.8, 4) is 5.13 Å². The Labute approximate surface area is 147 Å². The third-order valence-corrected chi connectivity index (χ3v) is 4.86. The van der Waals surface area contributed by atoms with E-state index in [0.29, 0.717) is 20.8 Å². The van der Waals surface area contributed by atoms with Gasteiger partial charge in [0.25, 0.3) is 11.2 Å². The minimum Gasteiger partial charge on any atom is -0.306 e. The van der Waals surface area contributed by atoms with Crippen LogP contribution in [-0.4, -0.2) is 19.5 Å². The molecule has 0 aliphatic carbocycles. The van der Waals surface area contributed by atoms with Crippen molar-refractivity contribution in [1.29, 1.82) is 0 Å². The van der Waals surface area contributed by atoms with Crippen LogP contribution in [0.3, 0.4) is 0 Å². The maximum atomic E-state index is 12.7. The largest absolute Gasteiger partial charge is 0.335 e. The molecule has 0 radical (unpaired) electrons. The second-order valence-corrected chi connectivity index (χ2v) is 6.61. The van der Waals surface area contributed by atoms with Gasteiger partial charge in [0.1, 0.15) is 0 Å². The third-order valence-electron chi connectivity index (χ3n) is 3.62. The Morgan fingerprint density at radius 3 is 2.76 bits per heavy atom. The van der Waals surface area contributed by atoms with Gasteiger partial charge in [-0.1, -0.05) is 22.9 Å². The van der Waals surface area contributed by atoms with Crippen LogP contribution in [0.1, 0.15) is 0 Å². The number of benzene rings is 2. The van der Waals surface area contributed by atoms with Gasteiger partial charge in [0.2, 0.25) is 5.13 Å². The number of halogens is 1. The SMILES string of the molecule is O=c1[nH]c2cc(Cl)ccc2c(=O)n1-c1nc2ccc([N+](=O)[O-])cc2s1. The second-order valence-electron chi connectivity index (χ2n) is 5.17. The summed E-state index contributed by atoms with van der Waals surface area (Å²) >= 11 is 6.90. The number of nitrogens with zero attached hydrogens (tertiary/aromatic N) is 3. The van der Waals surface area contributed by atoms with Crippen LogP contribution in [0.2, 0.25) is 5.02 Å². The van der Waals surface area contributed by atoms with Crippen molar-refractivity contribution in [2.45, 2.75) is 0 Å². The van der Waals surface area contributed by atoms with Crippen LogP contribution < -0.4 is 11.2 Å². The molecule has 0 amide bonds. The molecule has 0 bridgehead atoms. The van der Waals surface area contributed by atoms with Gasteiger partial charge in [-0.3, -0.25) is 14.9 Å². The highest BCUT2D eigenvalue weighted by molar-refractivity contribution is 7.20. The number of H-pyrrole nitrogens is 1. The number of hydrogen-bond acceptors (Lipinski definition) is 6. The van der Waals surface area contributed by atoms with Gasteiger partial charge in [0.15, 0.2) is 0 Å². The first-order chi connectivity index (χ1) is 11.9. The molecule has 2 aromatic carbocycles. The van der Waals surface area contributed by atoms with E-state index in [1.807, 2.05) is 0 Å². The van der Waals surface area contributed by atoms with Crippen molar-refractivity contribution in [2.24, 2.45) is 0 Å². The molecule has 0 atom stereocenters. The van der Waals surface area contributed by atoms with E-state index in [2.05, 4.69) is 9.97 Å². The number of nitrogens with one attached hydrogen (secondary N) is 1. The van der Waals surface area contributed by atoms with Gasteiger partial charge in [-0.05, 0) is 24.3 Å². The number of nitro groups is 1. The van der Waals surface area contributed by atoms with E-state index >= 15 is 0 Å². The van der Waals surface area contributed by atoms with E-state index in [-0.39, 0.29) is 16.2 Å². The summed E-state index contributed by atoms with van der Waals surface area (Å²) in [5.41, 5.74) is -0.488. The molecule has 0 saturated heterocycles. The summed E-state index contributed by atoms with van der Waals surface area (Å²) in [5.74, 6) is 0. The first kappa shape index (κ1) is 15.5. The highest BCUT2D eigenvalue weighted by atomic mass is 35.5. The zero-order valence-corrected chi connectivity index (χ0v) is 13.8. The predicted molar refractivity (Wildman–Crippen MR) is 95.0 cm³/mol. The molecule has 124 valence electrons. The topological polar surface area (TPSA) is 111 Å². The fourth-order valence-electron chi connectivity index (χ4n) is 2.47. The maximum absolute atomic E-state index is 12.7. The lowest BCUT2D eigenvalue weighted by atomic mass is 10.2. The van der Waals surface area contributed by atoms with Crippen LogP contribution in [-0.2, 0) is 0 Å². The lowest BCUT2D eigenvalue weighted by molar-refractivity contribution is -0.384. The van der Waals surface area contributed by atoms with Crippen LogP contribution in [0.4, 0.5) is 5.69 Å². The summed E-state index contributed by atoms with van der Waals surface area (Å²) in [6.45, 7) is 0. The van der Waals surface area contributed by atoms with Crippen molar-refractivity contribution >= 4 is 49.7 Å². The van der Waals surface area contributed by atoms with Crippen molar-refractivity contribution in [3.63, 3.8) is 0 Å². The third kappa shape index (κ3) is 2.49. The summed E-state index contributed by atoms with van der Waals surface area (Å²) in [7, 11) is 0. The first-order valence-corrected chi connectivity index (χ1v) is 8.13. The number of thiazole rings is 1. The number of nitro benzene ring substituents is 1. The highest BCUT2D eigenvalue weighted by Gasteiger charge is 2.15. The maximum Gasteiger partial charge on any atom is 0.335 e. The van der Waals surface area contributed by atoms with E-state index in [1.165, 1.54) is 30.3 Å². The van der Waals surface area contributed by atoms with E-state index in [4.69, 9.17) is 11.6 Å². The molecule has 25 heavy (non-hydrogen) atoms. The molecule has 10 heteroatoms. The standard InChI is InChI=1S/C15H7ClN4O4S/c16-7-1-3-9-11(5-7)17-14(22)19(13(9)21)15-18-10-4-2-8(20(23)24)6-12(10)25-15/h1-6H,(H,17,22). The summed E-state index contributed by atoms with van der Waals surface area (Å²) in [6.07, 6.45) is 0. The number of hydrogen-bond donors (Lipinski definition) is 1. The van der Waals surface area contributed by atoms with Gasteiger partial charge >= 0.3 is 5.69 Å². The highest BCUT2D eigenvalue weighted by Crippen LogP contribution is 2.27. The average Bonchev–Trinajstić information content (AvgIpc) is 2.96. The van der Waals surface area contributed by atoms with E-state index in [0.717, 1.165) is 15.9 Å². The second kappa shape index (κ2) is 5.50. The lowest BCUT2D eigenvalue weighted by Gasteiger charge is -2.03. The predicted octanol–water partition coefficient (Wildman–Crippen LogP) is 2.85. The number of fused-ring (bicyclic) bond motifs is 2. The monoisotopic (exact) mass is 374 g/mol. The zero-order chi connectivity index (χ0) is 17.7. The van der Waals surface area contributed by atoms with E-state index in [9.17, 15) is 19.7 Å². The molecule has 0 aliphatic rings. The Kier molecular flexibility index (Phi) is 3.41. The fourth-order valence-corrected chi connectivity index (χ4v) is 3.64. The molecule has 8 nitrogen and oxygen atoms in total. The number of aromatic amines is 1. The van der Waals surface area contributed by atoms with Crippen molar-refractivity contribution in [1.82, 2.24) is 14.5 Å². The van der Waals surface area contributed by atoms with Crippen LogP contribution in [0.25, 0.3) is 26.3 Å². The van der Waals surface area contributed by atoms with Crippen LogP contribution in [0, 0.1) is 10.1 Å². The number of non-ortho nitro benzene ring substituents is 1. The molecule has 1 N–H and O–H groups in total. The molecule has 0 fully saturated rings. The summed E-state index contributed by atoms with van der Waals surface area (Å²) in [4.78, 5) is 42.2. The van der Waals surface area contributed by atoms with Crippen molar-refractivity contribution in [3.05, 3.63) is 72.4 Å². The van der Waals surface area contributed by atoms with Gasteiger partial charge in [0.05, 0.1) is 26.0 Å². The van der Waals surface area contributed by atoms with Crippen LogP contribution >= 0.6 is 22.9 Å². The smallest absolute Gasteiger partial charge is 0.306 e. The quantitative estimate of drug-likeness (QED) is 0.428. The summed E-state index contributed by atoms with van der Waals surface area (Å²) in [5, 5.41) is 11.7. The molecule has 4 aromatic rings. The number of aromatic nitrogens is 3. The Balaban J connectivity index is 1.99. The fraction of sp³-hybridized carbons (Fsp3) is 0. The summed E-state index contributed by atoms with van der Waals surface area (Å²) in [6, 6.07) is 8.72. The zero-order valence-electron chi connectivity index (χ0n) is 12.2. The Morgan fingerprint density at radius 1 is 1.20 bits per heavy atom. The van der Waals surface area contributed by atoms with Crippen molar-refractivity contribution in [2.75, 3.05) is 0 Å². The first-order valence-electron chi connectivity index (χ1n) is 6.94. The molecule has 0 unspecified atom stereocenters. The minimum absolute atomic E-state index is 0.0860. The minimum atomic E-state index is -0.659. The van der Waals surface area contributed by atoms with Crippen molar-refractivity contribution < 1.29 is 4.92 Å². The Bertz CT molecular complexity index is 1290. The van der Waals surface area contributed by atoms with Gasteiger partial charge in [-0.15, -0.1) is 0 Å². The molecule has 0 saturated carbocycles. The van der Waals surface area contributed by atoms with E-state index in [1.54, 1.807) is 6.07 Å². The molecule has 0 spiro atoms. The summed E-state index contributed by atoms with van der Waals surface area (Å²) < 4.78 is 1.42. The van der Waals surface area contributed by atoms with Gasteiger partial charge in [-0.25, -0.2) is 14.3 Å². The molecular weight excluding hydrogens is 368 g/mol. The van der Waals surface area contributed by atoms with Gasteiger partial charge in [0, 0.05) is 17.2 Å². The van der Waals surface area contributed by atoms with Gasteiger partial charge < -0.3 is 4.98 Å². The molecular formula is C15H7ClN4O4S. The lowest BCUT2D eigenvalue weighted by Crippen LogP contribution is -2.33. The van der Waals surface area contributed by atoms with Gasteiger partial charge in [-0.2, -0.15) is 0 Å². The number of rotatable bonds is 2. The Hall–Kier alpha value is -3.04. The molecule has 2 heterocycles. The Morgan fingerprint density at radius 2 is 2.00 bits per heavy atom. The molecule has 2 aromatic heterocycles. The molecule has 0 aliphatic heterocycles. The van der Waals surface area contributed by atoms with Crippen LogP contribution in [0.5, 0.6) is 0 Å². The normalized spacial score (nSPS) is 11.2. The average molecular weight is 375 g/mol.